The van der Waals surface area contributed by atoms with Crippen molar-refractivity contribution in [1.29, 1.82) is 0 Å². The molecule has 21 heavy (non-hydrogen) atoms. The molecule has 3 rings (SSSR count). The lowest BCUT2D eigenvalue weighted by molar-refractivity contribution is 0.456. The van der Waals surface area contributed by atoms with Crippen LogP contribution in [0.2, 0.25) is 0 Å². The normalized spacial score (nSPS) is 12.7. The molecule has 1 atom stereocenters. The fourth-order valence-corrected chi connectivity index (χ4v) is 2.30. The molecule has 4 nitrogen and oxygen atoms in total. The molecule has 4 heteroatoms. The van der Waals surface area contributed by atoms with E-state index in [0.29, 0.717) is 0 Å². The van der Waals surface area contributed by atoms with Crippen LogP contribution >= 0.6 is 0 Å². The Morgan fingerprint density at radius 3 is 2.67 bits per heavy atom. The molecule has 0 saturated heterocycles. The Bertz CT molecular complexity index is 685. The zero-order valence-electron chi connectivity index (χ0n) is 12.3. The Morgan fingerprint density at radius 1 is 1.19 bits per heavy atom. The highest BCUT2D eigenvalue weighted by atomic mass is 16.3. The van der Waals surface area contributed by atoms with Crippen LogP contribution in [0.25, 0.3) is 11.0 Å². The fourth-order valence-electron chi connectivity index (χ4n) is 2.30. The number of hydrogen-bond acceptors (Lipinski definition) is 4. The molecule has 3 aromatic rings. The van der Waals surface area contributed by atoms with E-state index in [4.69, 9.17) is 4.42 Å². The fraction of sp³-hybridized carbons (Fsp3) is 0.294. The molecule has 0 fully saturated rings. The van der Waals surface area contributed by atoms with Gasteiger partial charge in [0.2, 0.25) is 0 Å². The molecule has 1 N–H and O–H groups in total. The molecule has 2 heterocycles. The van der Waals surface area contributed by atoms with Gasteiger partial charge < -0.3 is 9.73 Å². The summed E-state index contributed by atoms with van der Waals surface area (Å²) in [5.41, 5.74) is 1.94. The van der Waals surface area contributed by atoms with Crippen LogP contribution in [-0.2, 0) is 0 Å². The molecule has 2 aromatic heterocycles. The summed E-state index contributed by atoms with van der Waals surface area (Å²) < 4.78 is 5.97. The quantitative estimate of drug-likeness (QED) is 0.776. The summed E-state index contributed by atoms with van der Waals surface area (Å²) in [4.78, 5) is 8.89. The highest BCUT2D eigenvalue weighted by Crippen LogP contribution is 2.26. The maximum atomic E-state index is 5.97. The van der Waals surface area contributed by atoms with Crippen LogP contribution in [0.5, 0.6) is 0 Å². The summed E-state index contributed by atoms with van der Waals surface area (Å²) >= 11 is 0. The first-order valence-electron chi connectivity index (χ1n) is 7.28. The average Bonchev–Trinajstić information content (AvgIpc) is 2.93. The number of fused-ring (bicyclic) bond motifs is 1. The number of para-hydroxylation sites is 1. The molecule has 0 amide bonds. The summed E-state index contributed by atoms with van der Waals surface area (Å²) in [6.07, 6.45) is 4.72. The van der Waals surface area contributed by atoms with Crippen LogP contribution in [0.1, 0.15) is 36.5 Å². The maximum absolute atomic E-state index is 5.97. The molecule has 0 radical (unpaired) electrons. The molecule has 1 unspecified atom stereocenters. The van der Waals surface area contributed by atoms with Gasteiger partial charge in [0.05, 0.1) is 0 Å². The number of furan rings is 1. The van der Waals surface area contributed by atoms with Gasteiger partial charge in [-0.15, -0.1) is 0 Å². The van der Waals surface area contributed by atoms with Crippen molar-refractivity contribution < 1.29 is 4.42 Å². The van der Waals surface area contributed by atoms with Crippen LogP contribution in [0.4, 0.5) is 0 Å². The van der Waals surface area contributed by atoms with Crippen molar-refractivity contribution in [3.8, 4) is 0 Å². The molecule has 0 aliphatic heterocycles. The molecule has 0 spiro atoms. The van der Waals surface area contributed by atoms with Crippen molar-refractivity contribution in [1.82, 2.24) is 15.3 Å². The largest absolute Gasteiger partial charge is 0.459 e. The van der Waals surface area contributed by atoms with E-state index in [1.807, 2.05) is 37.5 Å². The monoisotopic (exact) mass is 281 g/mol. The molecule has 108 valence electrons. The molecular formula is C17H19N3O. The van der Waals surface area contributed by atoms with Crippen LogP contribution in [0.3, 0.4) is 0 Å². The number of nitrogens with one attached hydrogen (secondary N) is 1. The van der Waals surface area contributed by atoms with Gasteiger partial charge in [0.25, 0.3) is 0 Å². The number of aryl methyl sites for hydroxylation is 1. The standard InChI is InChI=1S/C17H19N3O/c1-3-8-18-16(17-19-10-12(2)11-20-17)15-9-13-6-4-5-7-14(13)21-15/h4-7,9-11,16,18H,3,8H2,1-2H3. The van der Waals surface area contributed by atoms with Gasteiger partial charge in [0.15, 0.2) is 5.82 Å². The van der Waals surface area contributed by atoms with Crippen LogP contribution < -0.4 is 5.32 Å². The van der Waals surface area contributed by atoms with Crippen molar-refractivity contribution in [3.63, 3.8) is 0 Å². The zero-order chi connectivity index (χ0) is 14.7. The minimum atomic E-state index is -0.113. The van der Waals surface area contributed by atoms with Gasteiger partial charge in [-0.05, 0) is 37.6 Å². The second-order valence-electron chi connectivity index (χ2n) is 5.19. The van der Waals surface area contributed by atoms with Crippen molar-refractivity contribution >= 4 is 11.0 Å². The lowest BCUT2D eigenvalue weighted by Gasteiger charge is -2.14. The van der Waals surface area contributed by atoms with E-state index in [2.05, 4.69) is 34.3 Å². The molecule has 0 aliphatic rings. The SMILES string of the molecule is CCCNC(c1ncc(C)cn1)c1cc2ccccc2o1. The van der Waals surface area contributed by atoms with E-state index < -0.39 is 0 Å². The van der Waals surface area contributed by atoms with Gasteiger partial charge in [-0.1, -0.05) is 25.1 Å². The van der Waals surface area contributed by atoms with Crippen molar-refractivity contribution in [3.05, 3.63) is 59.9 Å². The van der Waals surface area contributed by atoms with E-state index >= 15 is 0 Å². The summed E-state index contributed by atoms with van der Waals surface area (Å²) in [6, 6.07) is 9.97. The number of rotatable bonds is 5. The topological polar surface area (TPSA) is 51.0 Å². The van der Waals surface area contributed by atoms with Crippen molar-refractivity contribution in [2.45, 2.75) is 26.3 Å². The third-order valence-electron chi connectivity index (χ3n) is 3.39. The Morgan fingerprint density at radius 2 is 1.95 bits per heavy atom. The molecule has 0 saturated carbocycles. The summed E-state index contributed by atoms with van der Waals surface area (Å²) in [6.45, 7) is 5.01. The van der Waals surface area contributed by atoms with Crippen LogP contribution in [0, 0.1) is 6.92 Å². The van der Waals surface area contributed by atoms with Gasteiger partial charge in [0.1, 0.15) is 17.4 Å². The van der Waals surface area contributed by atoms with E-state index in [1.165, 1.54) is 0 Å². The number of nitrogens with zero attached hydrogens (tertiary/aromatic N) is 2. The van der Waals surface area contributed by atoms with Gasteiger partial charge >= 0.3 is 0 Å². The molecular weight excluding hydrogens is 262 g/mol. The lowest BCUT2D eigenvalue weighted by Crippen LogP contribution is -2.24. The number of aromatic nitrogens is 2. The number of hydrogen-bond donors (Lipinski definition) is 1. The van der Waals surface area contributed by atoms with E-state index in [0.717, 1.165) is 41.1 Å². The Hall–Kier alpha value is -2.20. The molecule has 0 aliphatic carbocycles. The summed E-state index contributed by atoms with van der Waals surface area (Å²) in [7, 11) is 0. The second-order valence-corrected chi connectivity index (χ2v) is 5.19. The Labute approximate surface area is 124 Å². The predicted octanol–water partition coefficient (Wildman–Crippen LogP) is 3.62. The smallest absolute Gasteiger partial charge is 0.152 e. The first-order valence-corrected chi connectivity index (χ1v) is 7.28. The van der Waals surface area contributed by atoms with E-state index in [-0.39, 0.29) is 6.04 Å². The lowest BCUT2D eigenvalue weighted by atomic mass is 10.1. The highest BCUT2D eigenvalue weighted by molar-refractivity contribution is 5.77. The maximum Gasteiger partial charge on any atom is 0.152 e. The third-order valence-corrected chi connectivity index (χ3v) is 3.39. The molecule has 1 aromatic carbocycles. The third kappa shape index (κ3) is 2.95. The Balaban J connectivity index is 1.99. The number of benzene rings is 1. The van der Waals surface area contributed by atoms with E-state index in [1.54, 1.807) is 0 Å². The summed E-state index contributed by atoms with van der Waals surface area (Å²) in [5, 5.41) is 4.56. The van der Waals surface area contributed by atoms with E-state index in [9.17, 15) is 0 Å². The first kappa shape index (κ1) is 13.8. The zero-order valence-corrected chi connectivity index (χ0v) is 12.3. The van der Waals surface area contributed by atoms with Crippen molar-refractivity contribution in [2.75, 3.05) is 6.54 Å². The minimum Gasteiger partial charge on any atom is -0.459 e. The van der Waals surface area contributed by atoms with Crippen LogP contribution in [-0.4, -0.2) is 16.5 Å². The highest BCUT2D eigenvalue weighted by Gasteiger charge is 2.20. The second kappa shape index (κ2) is 6.06. The summed E-state index contributed by atoms with van der Waals surface area (Å²) in [5.74, 6) is 1.60. The van der Waals surface area contributed by atoms with Crippen molar-refractivity contribution in [2.24, 2.45) is 0 Å². The minimum absolute atomic E-state index is 0.113. The first-order chi connectivity index (χ1) is 10.3. The Kier molecular flexibility index (Phi) is 3.97. The van der Waals surface area contributed by atoms with Crippen LogP contribution in [0.15, 0.2) is 47.1 Å². The average molecular weight is 281 g/mol. The van der Waals surface area contributed by atoms with Gasteiger partial charge in [0, 0.05) is 17.8 Å². The van der Waals surface area contributed by atoms with Gasteiger partial charge in [-0.25, -0.2) is 9.97 Å². The predicted molar refractivity (Wildman–Crippen MR) is 83.1 cm³/mol. The molecule has 0 bridgehead atoms. The van der Waals surface area contributed by atoms with Gasteiger partial charge in [-0.3, -0.25) is 0 Å². The van der Waals surface area contributed by atoms with Gasteiger partial charge in [-0.2, -0.15) is 0 Å².